The van der Waals surface area contributed by atoms with Crippen molar-refractivity contribution in [1.82, 2.24) is 5.32 Å². The molecule has 0 spiro atoms. The molecule has 108 valence electrons. The highest BCUT2D eigenvalue weighted by atomic mass is 16.5. The van der Waals surface area contributed by atoms with Crippen molar-refractivity contribution in [3.05, 3.63) is 29.8 Å². The predicted molar refractivity (Wildman–Crippen MR) is 77.0 cm³/mol. The summed E-state index contributed by atoms with van der Waals surface area (Å²) in [4.78, 5) is 23.5. The third-order valence-corrected chi connectivity index (χ3v) is 3.49. The van der Waals surface area contributed by atoms with Gasteiger partial charge in [-0.15, -0.1) is 0 Å². The van der Waals surface area contributed by atoms with Gasteiger partial charge < -0.3 is 10.1 Å². The van der Waals surface area contributed by atoms with E-state index in [4.69, 9.17) is 4.74 Å². The predicted octanol–water partition coefficient (Wildman–Crippen LogP) is 2.72. The van der Waals surface area contributed by atoms with E-state index in [-0.39, 0.29) is 17.7 Å². The maximum absolute atomic E-state index is 12.0. The van der Waals surface area contributed by atoms with E-state index >= 15 is 0 Å². The van der Waals surface area contributed by atoms with Crippen LogP contribution in [0.15, 0.2) is 24.3 Å². The molecule has 0 aliphatic heterocycles. The Bertz CT molecular complexity index is 467. The fourth-order valence-electron chi connectivity index (χ4n) is 2.25. The van der Waals surface area contributed by atoms with Gasteiger partial charge in [0.1, 0.15) is 5.75 Å². The van der Waals surface area contributed by atoms with Gasteiger partial charge in [-0.05, 0) is 43.5 Å². The van der Waals surface area contributed by atoms with Gasteiger partial charge in [-0.2, -0.15) is 0 Å². The molecule has 0 saturated heterocycles. The molecule has 0 unspecified atom stereocenters. The van der Waals surface area contributed by atoms with Gasteiger partial charge in [-0.3, -0.25) is 9.59 Å². The van der Waals surface area contributed by atoms with Crippen LogP contribution in [0.1, 0.15) is 49.4 Å². The van der Waals surface area contributed by atoms with Crippen molar-refractivity contribution in [2.24, 2.45) is 0 Å². The second-order valence-electron chi connectivity index (χ2n) is 5.11. The number of carbonyl (C=O) groups is 2. The number of amides is 1. The SMILES string of the molecule is CCCCOc1ccc(C(=O)N[C@@H]2CCCC2=O)cc1. The Labute approximate surface area is 119 Å². The third kappa shape index (κ3) is 3.83. The Morgan fingerprint density at radius 1 is 1.35 bits per heavy atom. The number of carbonyl (C=O) groups excluding carboxylic acids is 2. The Morgan fingerprint density at radius 3 is 2.70 bits per heavy atom. The lowest BCUT2D eigenvalue weighted by Gasteiger charge is -2.11. The van der Waals surface area contributed by atoms with Crippen LogP contribution >= 0.6 is 0 Å². The maximum Gasteiger partial charge on any atom is 0.251 e. The first-order valence-electron chi connectivity index (χ1n) is 7.27. The third-order valence-electron chi connectivity index (χ3n) is 3.49. The average molecular weight is 275 g/mol. The van der Waals surface area contributed by atoms with E-state index < -0.39 is 0 Å². The van der Waals surface area contributed by atoms with Gasteiger partial charge in [0.2, 0.25) is 0 Å². The second-order valence-corrected chi connectivity index (χ2v) is 5.11. The fraction of sp³-hybridized carbons (Fsp3) is 0.500. The van der Waals surface area contributed by atoms with Crippen molar-refractivity contribution in [1.29, 1.82) is 0 Å². The summed E-state index contributed by atoms with van der Waals surface area (Å²) in [7, 11) is 0. The average Bonchev–Trinajstić information content (AvgIpc) is 2.85. The Balaban J connectivity index is 1.88. The second kappa shape index (κ2) is 7.08. The van der Waals surface area contributed by atoms with E-state index in [0.717, 1.165) is 31.4 Å². The standard InChI is InChI=1S/C16H21NO3/c1-2-3-11-20-13-9-7-12(8-10-13)16(19)17-14-5-4-6-15(14)18/h7-10,14H,2-6,11H2,1H3,(H,17,19)/t14-/m1/s1. The van der Waals surface area contributed by atoms with Crippen LogP contribution in [-0.2, 0) is 4.79 Å². The van der Waals surface area contributed by atoms with E-state index in [1.807, 2.05) is 0 Å². The molecule has 1 aromatic carbocycles. The summed E-state index contributed by atoms with van der Waals surface area (Å²) >= 11 is 0. The van der Waals surface area contributed by atoms with E-state index in [1.54, 1.807) is 24.3 Å². The Kier molecular flexibility index (Phi) is 5.16. The lowest BCUT2D eigenvalue weighted by atomic mass is 10.1. The summed E-state index contributed by atoms with van der Waals surface area (Å²) in [5, 5.41) is 2.79. The molecule has 4 nitrogen and oxygen atoms in total. The van der Waals surface area contributed by atoms with Crippen LogP contribution < -0.4 is 10.1 Å². The number of nitrogens with one attached hydrogen (secondary N) is 1. The van der Waals surface area contributed by atoms with Crippen LogP contribution in [-0.4, -0.2) is 24.3 Å². The number of rotatable bonds is 6. The topological polar surface area (TPSA) is 55.4 Å². The Hall–Kier alpha value is -1.84. The summed E-state index contributed by atoms with van der Waals surface area (Å²) in [6.45, 7) is 2.81. The highest BCUT2D eigenvalue weighted by Gasteiger charge is 2.25. The smallest absolute Gasteiger partial charge is 0.251 e. The highest BCUT2D eigenvalue weighted by Crippen LogP contribution is 2.16. The van der Waals surface area contributed by atoms with Crippen molar-refractivity contribution in [3.8, 4) is 5.75 Å². The molecule has 2 rings (SSSR count). The van der Waals surface area contributed by atoms with E-state index in [9.17, 15) is 9.59 Å². The minimum Gasteiger partial charge on any atom is -0.494 e. The lowest BCUT2D eigenvalue weighted by Crippen LogP contribution is -2.37. The first kappa shape index (κ1) is 14.6. The molecule has 1 aromatic rings. The molecule has 1 atom stereocenters. The molecule has 1 N–H and O–H groups in total. The van der Waals surface area contributed by atoms with Crippen LogP contribution in [0, 0.1) is 0 Å². The summed E-state index contributed by atoms with van der Waals surface area (Å²) in [5.74, 6) is 0.718. The molecular weight excluding hydrogens is 254 g/mol. The molecule has 0 aromatic heterocycles. The number of hydrogen-bond donors (Lipinski definition) is 1. The Morgan fingerprint density at radius 2 is 2.10 bits per heavy atom. The molecule has 0 radical (unpaired) electrons. The van der Waals surface area contributed by atoms with Crippen molar-refractivity contribution in [2.45, 2.75) is 45.1 Å². The van der Waals surface area contributed by atoms with E-state index in [1.165, 1.54) is 0 Å². The van der Waals surface area contributed by atoms with Crippen molar-refractivity contribution in [3.63, 3.8) is 0 Å². The summed E-state index contributed by atoms with van der Waals surface area (Å²) in [6.07, 6.45) is 4.31. The van der Waals surface area contributed by atoms with Gasteiger partial charge in [0.25, 0.3) is 5.91 Å². The van der Waals surface area contributed by atoms with E-state index in [2.05, 4.69) is 12.2 Å². The van der Waals surface area contributed by atoms with Gasteiger partial charge in [-0.1, -0.05) is 13.3 Å². The quantitative estimate of drug-likeness (QED) is 0.812. The number of unbranched alkanes of at least 4 members (excludes halogenated alkanes) is 1. The molecule has 1 saturated carbocycles. The number of Topliss-reactive ketones (excluding diaryl/α,β-unsaturated/α-hetero) is 1. The van der Waals surface area contributed by atoms with Crippen LogP contribution in [0.3, 0.4) is 0 Å². The molecule has 1 amide bonds. The van der Waals surface area contributed by atoms with Gasteiger partial charge in [0.15, 0.2) is 5.78 Å². The molecule has 1 aliphatic rings. The van der Waals surface area contributed by atoms with Crippen LogP contribution in [0.25, 0.3) is 0 Å². The highest BCUT2D eigenvalue weighted by molar-refractivity contribution is 5.98. The monoisotopic (exact) mass is 275 g/mol. The molecule has 1 fully saturated rings. The maximum atomic E-state index is 12.0. The van der Waals surface area contributed by atoms with E-state index in [0.29, 0.717) is 18.6 Å². The van der Waals surface area contributed by atoms with Gasteiger partial charge in [-0.25, -0.2) is 0 Å². The van der Waals surface area contributed by atoms with Gasteiger partial charge >= 0.3 is 0 Å². The van der Waals surface area contributed by atoms with Crippen LogP contribution in [0.4, 0.5) is 0 Å². The number of ether oxygens (including phenoxy) is 1. The molecule has 20 heavy (non-hydrogen) atoms. The number of hydrogen-bond acceptors (Lipinski definition) is 3. The molecule has 0 heterocycles. The largest absolute Gasteiger partial charge is 0.494 e. The van der Waals surface area contributed by atoms with Crippen LogP contribution in [0.5, 0.6) is 5.75 Å². The zero-order valence-corrected chi connectivity index (χ0v) is 11.9. The first-order chi connectivity index (χ1) is 9.70. The molecule has 1 aliphatic carbocycles. The minimum absolute atomic E-state index is 0.137. The zero-order chi connectivity index (χ0) is 14.4. The summed E-state index contributed by atoms with van der Waals surface area (Å²) in [6, 6.07) is 6.75. The minimum atomic E-state index is -0.303. The van der Waals surface area contributed by atoms with Gasteiger partial charge in [0.05, 0.1) is 12.6 Å². The number of ketones is 1. The zero-order valence-electron chi connectivity index (χ0n) is 11.9. The molecular formula is C16H21NO3. The van der Waals surface area contributed by atoms with Crippen molar-refractivity contribution >= 4 is 11.7 Å². The van der Waals surface area contributed by atoms with Crippen molar-refractivity contribution in [2.75, 3.05) is 6.61 Å². The van der Waals surface area contributed by atoms with Crippen molar-refractivity contribution < 1.29 is 14.3 Å². The summed E-state index contributed by atoms with van der Waals surface area (Å²) in [5.41, 5.74) is 0.563. The van der Waals surface area contributed by atoms with Gasteiger partial charge in [0, 0.05) is 12.0 Å². The first-order valence-corrected chi connectivity index (χ1v) is 7.27. The summed E-state index contributed by atoms with van der Waals surface area (Å²) < 4.78 is 5.55. The van der Waals surface area contributed by atoms with Crippen LogP contribution in [0.2, 0.25) is 0 Å². The molecule has 0 bridgehead atoms. The lowest BCUT2D eigenvalue weighted by molar-refractivity contribution is -0.118. The number of benzene rings is 1. The fourth-order valence-corrected chi connectivity index (χ4v) is 2.25. The normalized spacial score (nSPS) is 18.1. The molecule has 4 heteroatoms.